The van der Waals surface area contributed by atoms with E-state index in [1.54, 1.807) is 0 Å². The number of fused-ring (bicyclic) bond motifs is 1. The van der Waals surface area contributed by atoms with Gasteiger partial charge in [-0.25, -0.2) is 4.98 Å². The molecule has 0 radical (unpaired) electrons. The molecule has 4 heteroatoms. The molecule has 0 spiro atoms. The maximum Gasteiger partial charge on any atom is 0.110 e. The zero-order chi connectivity index (χ0) is 12.4. The zero-order valence-electron chi connectivity index (χ0n) is 11.1. The predicted octanol–water partition coefficient (Wildman–Crippen LogP) is 2.71. The molecule has 2 heterocycles. The first-order valence-electron chi connectivity index (χ1n) is 7.18. The maximum absolute atomic E-state index is 5.65. The highest BCUT2D eigenvalue weighted by atomic mass is 32.1. The molecule has 1 fully saturated rings. The van der Waals surface area contributed by atoms with Crippen LogP contribution in [0.25, 0.3) is 0 Å². The lowest BCUT2D eigenvalue weighted by molar-refractivity contribution is 0.0392. The summed E-state index contributed by atoms with van der Waals surface area (Å²) in [4.78, 5) is 6.42. The molecule has 1 aliphatic carbocycles. The number of ether oxygens (including phenoxy) is 1. The van der Waals surface area contributed by atoms with Crippen LogP contribution < -0.4 is 5.32 Å². The molecule has 0 amide bonds. The smallest absolute Gasteiger partial charge is 0.110 e. The van der Waals surface area contributed by atoms with Gasteiger partial charge in [0.25, 0.3) is 0 Å². The molecule has 0 saturated carbocycles. The van der Waals surface area contributed by atoms with Gasteiger partial charge in [-0.1, -0.05) is 6.92 Å². The van der Waals surface area contributed by atoms with E-state index in [1.807, 2.05) is 11.3 Å². The van der Waals surface area contributed by atoms with Gasteiger partial charge in [0.15, 0.2) is 0 Å². The van der Waals surface area contributed by atoms with Crippen LogP contribution in [0.1, 0.15) is 47.8 Å². The van der Waals surface area contributed by atoms with Crippen molar-refractivity contribution >= 4 is 11.3 Å². The van der Waals surface area contributed by atoms with E-state index in [4.69, 9.17) is 9.72 Å². The molecule has 3 nitrogen and oxygen atoms in total. The highest BCUT2D eigenvalue weighted by Crippen LogP contribution is 2.35. The summed E-state index contributed by atoms with van der Waals surface area (Å²) in [6.07, 6.45) is 6.19. The molecule has 1 aliphatic heterocycles. The number of thiazole rings is 1. The summed E-state index contributed by atoms with van der Waals surface area (Å²) < 4.78 is 5.65. The Morgan fingerprint density at radius 1 is 1.44 bits per heavy atom. The number of hydrogen-bond acceptors (Lipinski definition) is 4. The summed E-state index contributed by atoms with van der Waals surface area (Å²) in [5, 5.41) is 4.93. The zero-order valence-corrected chi connectivity index (χ0v) is 11.9. The van der Waals surface area contributed by atoms with E-state index in [-0.39, 0.29) is 0 Å². The second kappa shape index (κ2) is 5.68. The minimum absolute atomic E-state index is 0.408. The summed E-state index contributed by atoms with van der Waals surface area (Å²) in [6.45, 7) is 5.01. The number of aryl methyl sites for hydroxylation is 2. The molecule has 2 unspecified atom stereocenters. The lowest BCUT2D eigenvalue weighted by Crippen LogP contribution is -2.33. The van der Waals surface area contributed by atoms with Crippen molar-refractivity contribution in [2.24, 2.45) is 5.92 Å². The molecule has 1 saturated heterocycles. The SMILES string of the molecule is CCNC(c1nc2c(s1)CCC2)C1CCCOC1. The monoisotopic (exact) mass is 266 g/mol. The first-order chi connectivity index (χ1) is 8.88. The Morgan fingerprint density at radius 3 is 3.11 bits per heavy atom. The third-order valence-corrected chi connectivity index (χ3v) is 5.21. The number of rotatable bonds is 4. The minimum Gasteiger partial charge on any atom is -0.381 e. The number of hydrogen-bond donors (Lipinski definition) is 1. The van der Waals surface area contributed by atoms with E-state index in [1.165, 1.54) is 47.7 Å². The van der Waals surface area contributed by atoms with E-state index in [0.29, 0.717) is 12.0 Å². The largest absolute Gasteiger partial charge is 0.381 e. The Labute approximate surface area is 113 Å². The van der Waals surface area contributed by atoms with Gasteiger partial charge in [-0.15, -0.1) is 11.3 Å². The fraction of sp³-hybridized carbons (Fsp3) is 0.786. The van der Waals surface area contributed by atoms with Crippen LogP contribution in [0.5, 0.6) is 0 Å². The first kappa shape index (κ1) is 12.6. The first-order valence-corrected chi connectivity index (χ1v) is 7.99. The van der Waals surface area contributed by atoms with Gasteiger partial charge < -0.3 is 10.1 Å². The van der Waals surface area contributed by atoms with Gasteiger partial charge in [0.1, 0.15) is 5.01 Å². The van der Waals surface area contributed by atoms with Crippen LogP contribution in [-0.4, -0.2) is 24.7 Å². The number of aromatic nitrogens is 1. The molecule has 1 N–H and O–H groups in total. The lowest BCUT2D eigenvalue weighted by Gasteiger charge is -2.29. The van der Waals surface area contributed by atoms with Crippen LogP contribution in [0.2, 0.25) is 0 Å². The van der Waals surface area contributed by atoms with Gasteiger partial charge in [0.05, 0.1) is 18.3 Å². The van der Waals surface area contributed by atoms with Crippen molar-refractivity contribution < 1.29 is 4.74 Å². The molecule has 2 aliphatic rings. The molecule has 1 aromatic heterocycles. The lowest BCUT2D eigenvalue weighted by atomic mass is 9.94. The molecule has 1 aromatic rings. The molecule has 0 aromatic carbocycles. The van der Waals surface area contributed by atoms with E-state index < -0.39 is 0 Å². The summed E-state index contributed by atoms with van der Waals surface area (Å²) in [5.41, 5.74) is 1.37. The fourth-order valence-electron chi connectivity index (χ4n) is 3.05. The van der Waals surface area contributed by atoms with Crippen LogP contribution in [0.4, 0.5) is 0 Å². The van der Waals surface area contributed by atoms with Crippen LogP contribution in [0.3, 0.4) is 0 Å². The predicted molar refractivity (Wildman–Crippen MR) is 74.1 cm³/mol. The Morgan fingerprint density at radius 2 is 2.39 bits per heavy atom. The normalized spacial score (nSPS) is 25.1. The summed E-state index contributed by atoms with van der Waals surface area (Å²) >= 11 is 1.93. The van der Waals surface area contributed by atoms with Gasteiger partial charge in [-0.3, -0.25) is 0 Å². The molecule has 3 rings (SSSR count). The van der Waals surface area contributed by atoms with Crippen molar-refractivity contribution in [3.63, 3.8) is 0 Å². The third kappa shape index (κ3) is 2.46. The fourth-order valence-corrected chi connectivity index (χ4v) is 4.37. The van der Waals surface area contributed by atoms with Gasteiger partial charge in [-0.05, 0) is 38.6 Å². The molecule has 2 atom stereocenters. The summed E-state index contributed by atoms with van der Waals surface area (Å²) in [5.74, 6) is 0.602. The molecular weight excluding hydrogens is 244 g/mol. The highest BCUT2D eigenvalue weighted by molar-refractivity contribution is 7.11. The van der Waals surface area contributed by atoms with Gasteiger partial charge in [0, 0.05) is 17.4 Å². The second-order valence-electron chi connectivity index (χ2n) is 5.29. The topological polar surface area (TPSA) is 34.2 Å². The van der Waals surface area contributed by atoms with Crippen molar-refractivity contribution in [3.8, 4) is 0 Å². The number of nitrogens with zero attached hydrogens (tertiary/aromatic N) is 1. The molecule has 0 bridgehead atoms. The van der Waals surface area contributed by atoms with E-state index in [9.17, 15) is 0 Å². The van der Waals surface area contributed by atoms with Crippen LogP contribution in [0.15, 0.2) is 0 Å². The Balaban J connectivity index is 1.78. The minimum atomic E-state index is 0.408. The molecule has 100 valence electrons. The van der Waals surface area contributed by atoms with Crippen molar-refractivity contribution in [1.82, 2.24) is 10.3 Å². The Bertz CT molecular complexity index is 377. The van der Waals surface area contributed by atoms with Crippen LogP contribution >= 0.6 is 11.3 Å². The van der Waals surface area contributed by atoms with Crippen molar-refractivity contribution in [3.05, 3.63) is 15.6 Å². The average molecular weight is 266 g/mol. The van der Waals surface area contributed by atoms with Crippen LogP contribution in [0, 0.1) is 5.92 Å². The van der Waals surface area contributed by atoms with Crippen molar-refractivity contribution in [2.45, 2.75) is 45.1 Å². The number of nitrogens with one attached hydrogen (secondary N) is 1. The van der Waals surface area contributed by atoms with Crippen molar-refractivity contribution in [2.75, 3.05) is 19.8 Å². The molecular formula is C14H22N2OS. The summed E-state index contributed by atoms with van der Waals surface area (Å²) in [6, 6.07) is 0.408. The summed E-state index contributed by atoms with van der Waals surface area (Å²) in [7, 11) is 0. The van der Waals surface area contributed by atoms with Crippen molar-refractivity contribution in [1.29, 1.82) is 0 Å². The van der Waals surface area contributed by atoms with Gasteiger partial charge in [-0.2, -0.15) is 0 Å². The van der Waals surface area contributed by atoms with Gasteiger partial charge in [0.2, 0.25) is 0 Å². The Hall–Kier alpha value is -0.450. The maximum atomic E-state index is 5.65. The highest BCUT2D eigenvalue weighted by Gasteiger charge is 2.29. The standard InChI is InChI=1S/C14H22N2OS/c1-2-15-13(10-5-4-8-17-9-10)14-16-11-6-3-7-12(11)18-14/h10,13,15H,2-9H2,1H3. The second-order valence-corrected chi connectivity index (χ2v) is 6.40. The average Bonchev–Trinajstić information content (AvgIpc) is 2.97. The quantitative estimate of drug-likeness (QED) is 0.910. The van der Waals surface area contributed by atoms with Gasteiger partial charge >= 0.3 is 0 Å². The van der Waals surface area contributed by atoms with E-state index >= 15 is 0 Å². The van der Waals surface area contributed by atoms with Crippen LogP contribution in [-0.2, 0) is 17.6 Å². The Kier molecular flexibility index (Phi) is 3.97. The van der Waals surface area contributed by atoms with E-state index in [0.717, 1.165) is 19.8 Å². The molecule has 18 heavy (non-hydrogen) atoms. The third-order valence-electron chi connectivity index (χ3n) is 3.97. The van der Waals surface area contributed by atoms with E-state index in [2.05, 4.69) is 12.2 Å².